The molecule has 0 atom stereocenters. The van der Waals surface area contributed by atoms with Gasteiger partial charge in [0.25, 0.3) is 5.91 Å². The second kappa shape index (κ2) is 9.06. The van der Waals surface area contributed by atoms with Crippen molar-refractivity contribution >= 4 is 28.9 Å². The average molecular weight is 434 g/mol. The predicted octanol–water partition coefficient (Wildman–Crippen LogP) is 4.16. The molecule has 0 radical (unpaired) electrons. The largest absolute Gasteiger partial charge is 0.355 e. The van der Waals surface area contributed by atoms with Crippen LogP contribution in [0.5, 0.6) is 0 Å². The topological polar surface area (TPSA) is 52.6 Å². The molecular formula is C24H27N5OS. The number of amides is 1. The lowest BCUT2D eigenvalue weighted by molar-refractivity contribution is 0.0746. The smallest absolute Gasteiger partial charge is 0.253 e. The molecular weight excluding hydrogens is 406 g/mol. The van der Waals surface area contributed by atoms with Crippen LogP contribution in [0.3, 0.4) is 0 Å². The van der Waals surface area contributed by atoms with E-state index in [1.807, 2.05) is 35.2 Å². The number of piperidine rings is 1. The first kappa shape index (κ1) is 20.0. The van der Waals surface area contributed by atoms with Gasteiger partial charge in [0.15, 0.2) is 11.6 Å². The molecule has 5 rings (SSSR count). The highest BCUT2D eigenvalue weighted by molar-refractivity contribution is 7.13. The van der Waals surface area contributed by atoms with Crippen molar-refractivity contribution in [1.29, 1.82) is 0 Å². The van der Waals surface area contributed by atoms with Gasteiger partial charge in [0, 0.05) is 49.7 Å². The van der Waals surface area contributed by atoms with Crippen LogP contribution in [-0.4, -0.2) is 60.3 Å². The normalized spacial score (nSPS) is 17.1. The van der Waals surface area contributed by atoms with Crippen molar-refractivity contribution in [2.24, 2.45) is 0 Å². The fraction of sp³-hybridized carbons (Fsp3) is 0.375. The van der Waals surface area contributed by atoms with E-state index in [1.54, 1.807) is 11.3 Å². The number of rotatable bonds is 4. The molecule has 0 spiro atoms. The van der Waals surface area contributed by atoms with Gasteiger partial charge in [0.05, 0.1) is 0 Å². The summed E-state index contributed by atoms with van der Waals surface area (Å²) in [5.41, 5.74) is 1.90. The molecule has 2 aliphatic rings. The molecule has 160 valence electrons. The first-order valence-electron chi connectivity index (χ1n) is 11.0. The first-order chi connectivity index (χ1) is 15.3. The molecule has 2 aromatic heterocycles. The highest BCUT2D eigenvalue weighted by Gasteiger charge is 2.23. The number of nitrogens with zero attached hydrogens (tertiary/aromatic N) is 5. The van der Waals surface area contributed by atoms with Crippen LogP contribution in [-0.2, 0) is 0 Å². The summed E-state index contributed by atoms with van der Waals surface area (Å²) >= 11 is 1.71. The molecule has 0 saturated carbocycles. The molecule has 3 aromatic rings. The van der Waals surface area contributed by atoms with E-state index in [0.717, 1.165) is 48.9 Å². The molecule has 1 amide bonds. The summed E-state index contributed by atoms with van der Waals surface area (Å²) in [6.45, 7) is 5.09. The maximum Gasteiger partial charge on any atom is 0.253 e. The van der Waals surface area contributed by atoms with Crippen molar-refractivity contribution < 1.29 is 4.79 Å². The lowest BCUT2D eigenvalue weighted by Gasteiger charge is -2.35. The molecule has 2 aliphatic heterocycles. The van der Waals surface area contributed by atoms with E-state index in [0.29, 0.717) is 13.1 Å². The third kappa shape index (κ3) is 4.42. The van der Waals surface area contributed by atoms with Crippen molar-refractivity contribution in [3.63, 3.8) is 0 Å². The summed E-state index contributed by atoms with van der Waals surface area (Å²) in [6, 6.07) is 16.2. The van der Waals surface area contributed by atoms with Crippen molar-refractivity contribution in [3.8, 4) is 10.4 Å². The number of benzene rings is 1. The van der Waals surface area contributed by atoms with Gasteiger partial charge < -0.3 is 14.7 Å². The highest BCUT2D eigenvalue weighted by Crippen LogP contribution is 2.25. The van der Waals surface area contributed by atoms with Gasteiger partial charge in [-0.25, -0.2) is 0 Å². The minimum Gasteiger partial charge on any atom is -0.355 e. The number of aromatic nitrogens is 2. The Labute approximate surface area is 187 Å². The standard InChI is InChI=1S/C24H27N5OS/c30-24(20-8-6-19(7-9-20)21-5-4-18-31-21)29-16-14-28(15-17-29)23-11-10-22(25-26-23)27-12-2-1-3-13-27/h4-11,18H,1-3,12-17H2. The number of anilines is 2. The fourth-order valence-electron chi connectivity index (χ4n) is 4.32. The van der Waals surface area contributed by atoms with Crippen molar-refractivity contribution in [1.82, 2.24) is 15.1 Å². The van der Waals surface area contributed by atoms with Crippen LogP contribution in [0.2, 0.25) is 0 Å². The summed E-state index contributed by atoms with van der Waals surface area (Å²) < 4.78 is 0. The zero-order valence-electron chi connectivity index (χ0n) is 17.6. The monoisotopic (exact) mass is 433 g/mol. The molecule has 4 heterocycles. The van der Waals surface area contributed by atoms with Gasteiger partial charge in [0.2, 0.25) is 0 Å². The Morgan fingerprint density at radius 3 is 1.97 bits per heavy atom. The molecule has 0 aliphatic carbocycles. The third-order valence-corrected chi connectivity index (χ3v) is 7.06. The van der Waals surface area contributed by atoms with Gasteiger partial charge >= 0.3 is 0 Å². The molecule has 6 nitrogen and oxygen atoms in total. The second-order valence-corrected chi connectivity index (χ2v) is 9.08. The maximum absolute atomic E-state index is 12.9. The van der Waals surface area contributed by atoms with Crippen LogP contribution in [0.25, 0.3) is 10.4 Å². The van der Waals surface area contributed by atoms with Crippen LogP contribution in [0.15, 0.2) is 53.9 Å². The number of carbonyl (C=O) groups is 1. The quantitative estimate of drug-likeness (QED) is 0.618. The van der Waals surface area contributed by atoms with E-state index in [9.17, 15) is 4.79 Å². The molecule has 1 aromatic carbocycles. The zero-order chi connectivity index (χ0) is 21.0. The minimum atomic E-state index is 0.101. The van der Waals surface area contributed by atoms with Gasteiger partial charge in [-0.15, -0.1) is 21.5 Å². The van der Waals surface area contributed by atoms with Crippen LogP contribution in [0.1, 0.15) is 29.6 Å². The molecule has 2 saturated heterocycles. The summed E-state index contributed by atoms with van der Waals surface area (Å²) in [5.74, 6) is 1.97. The van der Waals surface area contributed by atoms with E-state index >= 15 is 0 Å². The van der Waals surface area contributed by atoms with E-state index in [-0.39, 0.29) is 5.91 Å². The number of thiophene rings is 1. The Morgan fingerprint density at radius 2 is 1.39 bits per heavy atom. The molecule has 0 bridgehead atoms. The van der Waals surface area contributed by atoms with E-state index < -0.39 is 0 Å². The van der Waals surface area contributed by atoms with E-state index in [1.165, 1.54) is 24.1 Å². The first-order valence-corrected chi connectivity index (χ1v) is 11.9. The molecule has 2 fully saturated rings. The Hall–Kier alpha value is -2.93. The number of piperazine rings is 1. The third-order valence-electron chi connectivity index (χ3n) is 6.14. The number of hydrogen-bond acceptors (Lipinski definition) is 6. The Morgan fingerprint density at radius 1 is 0.742 bits per heavy atom. The van der Waals surface area contributed by atoms with Gasteiger partial charge in [-0.3, -0.25) is 4.79 Å². The van der Waals surface area contributed by atoms with Crippen molar-refractivity contribution in [2.45, 2.75) is 19.3 Å². The van der Waals surface area contributed by atoms with Crippen LogP contribution in [0, 0.1) is 0 Å². The lowest BCUT2D eigenvalue weighted by atomic mass is 10.1. The van der Waals surface area contributed by atoms with Gasteiger partial charge in [0.1, 0.15) is 0 Å². The molecule has 0 unspecified atom stereocenters. The summed E-state index contributed by atoms with van der Waals surface area (Å²) in [4.78, 5) is 20.6. The van der Waals surface area contributed by atoms with Crippen LogP contribution in [0.4, 0.5) is 11.6 Å². The Balaban J connectivity index is 1.17. The number of hydrogen-bond donors (Lipinski definition) is 0. The molecule has 0 N–H and O–H groups in total. The van der Waals surface area contributed by atoms with Gasteiger partial charge in [-0.1, -0.05) is 18.2 Å². The minimum absolute atomic E-state index is 0.101. The SMILES string of the molecule is O=C(c1ccc(-c2cccs2)cc1)N1CCN(c2ccc(N3CCCCC3)nn2)CC1. The number of carbonyl (C=O) groups excluding carboxylic acids is 1. The average Bonchev–Trinajstić information content (AvgIpc) is 3.40. The highest BCUT2D eigenvalue weighted by atomic mass is 32.1. The molecule has 7 heteroatoms. The maximum atomic E-state index is 12.9. The van der Waals surface area contributed by atoms with Crippen LogP contribution >= 0.6 is 11.3 Å². The summed E-state index contributed by atoms with van der Waals surface area (Å²) in [6.07, 6.45) is 3.77. The summed E-state index contributed by atoms with van der Waals surface area (Å²) in [5, 5.41) is 11.0. The van der Waals surface area contributed by atoms with Crippen molar-refractivity contribution in [2.75, 3.05) is 49.1 Å². The fourth-order valence-corrected chi connectivity index (χ4v) is 5.05. The van der Waals surface area contributed by atoms with Crippen LogP contribution < -0.4 is 9.80 Å². The lowest BCUT2D eigenvalue weighted by Crippen LogP contribution is -2.49. The van der Waals surface area contributed by atoms with Crippen molar-refractivity contribution in [3.05, 3.63) is 59.5 Å². The Kier molecular flexibility index (Phi) is 5.84. The van der Waals surface area contributed by atoms with E-state index in [4.69, 9.17) is 0 Å². The predicted molar refractivity (Wildman–Crippen MR) is 126 cm³/mol. The molecule has 31 heavy (non-hydrogen) atoms. The van der Waals surface area contributed by atoms with E-state index in [2.05, 4.69) is 43.6 Å². The second-order valence-electron chi connectivity index (χ2n) is 8.13. The zero-order valence-corrected chi connectivity index (χ0v) is 18.4. The summed E-state index contributed by atoms with van der Waals surface area (Å²) in [7, 11) is 0. The Bertz CT molecular complexity index is 989. The van der Waals surface area contributed by atoms with Gasteiger partial charge in [-0.05, 0) is 60.5 Å². The van der Waals surface area contributed by atoms with Gasteiger partial charge in [-0.2, -0.15) is 0 Å².